The molecule has 0 fully saturated rings. The smallest absolute Gasteiger partial charge is 0.396 e. The maximum Gasteiger partial charge on any atom is 0.396 e. The molecule has 7 nitrogen and oxygen atoms in total. The number of nitrogens with zero attached hydrogens (tertiary/aromatic N) is 3. The number of rotatable bonds is 13. The van der Waals surface area contributed by atoms with Gasteiger partial charge in [0, 0.05) is 26.7 Å². The van der Waals surface area contributed by atoms with E-state index in [0.29, 0.717) is 24.2 Å². The molecule has 38 heavy (non-hydrogen) atoms. The molecule has 0 aliphatic carbocycles. The van der Waals surface area contributed by atoms with Gasteiger partial charge in [-0.15, -0.1) is 0 Å². The molecule has 0 atom stereocenters. The van der Waals surface area contributed by atoms with E-state index in [1.807, 2.05) is 0 Å². The monoisotopic (exact) mass is 559 g/mol. The Morgan fingerprint density at radius 1 is 1.08 bits per heavy atom. The predicted octanol–water partition coefficient (Wildman–Crippen LogP) is 6.72. The van der Waals surface area contributed by atoms with Crippen LogP contribution in [0.15, 0.2) is 36.2 Å². The van der Waals surface area contributed by atoms with Gasteiger partial charge in [-0.1, -0.05) is 19.6 Å². The number of carbonyl (C=O) groups excluding carboxylic acids is 1. The molecular formula is C26H37F4N3O4Si. The third-order valence-corrected chi connectivity index (χ3v) is 6.75. The highest BCUT2D eigenvalue weighted by Crippen LogP contribution is 2.25. The van der Waals surface area contributed by atoms with E-state index in [1.165, 1.54) is 4.68 Å². The molecule has 2 rings (SSSR count). The highest BCUT2D eigenvalue weighted by molar-refractivity contribution is 6.76. The van der Waals surface area contributed by atoms with E-state index in [-0.39, 0.29) is 43.4 Å². The van der Waals surface area contributed by atoms with Crippen LogP contribution < -0.4 is 4.74 Å². The average molecular weight is 560 g/mol. The molecule has 0 saturated carbocycles. The number of aromatic nitrogens is 3. The zero-order chi connectivity index (χ0) is 28.6. The van der Waals surface area contributed by atoms with Crippen molar-refractivity contribution in [1.29, 1.82) is 0 Å². The van der Waals surface area contributed by atoms with Crippen molar-refractivity contribution in [3.8, 4) is 17.1 Å². The van der Waals surface area contributed by atoms with Crippen molar-refractivity contribution in [2.24, 2.45) is 0 Å². The highest BCUT2D eigenvalue weighted by atomic mass is 28.3. The van der Waals surface area contributed by atoms with Crippen LogP contribution in [0.25, 0.3) is 11.4 Å². The standard InChI is InChI=1S/C26H37F4N3O4Si/c1-25(2,3)37-23(34)12-7-19(16-27)17-36-21-10-8-20(9-11-21)24-31-22(15-26(28,29)30)32-33(24)18-35-13-14-38(4,5)6/h8-11,16H,7,12-15,17-18H2,1-6H3/b19-16+. The van der Waals surface area contributed by atoms with Gasteiger partial charge < -0.3 is 14.2 Å². The summed E-state index contributed by atoms with van der Waals surface area (Å²) >= 11 is 0. The van der Waals surface area contributed by atoms with Gasteiger partial charge in [-0.25, -0.2) is 14.1 Å². The molecule has 0 spiro atoms. The predicted molar refractivity (Wildman–Crippen MR) is 139 cm³/mol. The Morgan fingerprint density at radius 3 is 2.29 bits per heavy atom. The third-order valence-electron chi connectivity index (χ3n) is 5.05. The van der Waals surface area contributed by atoms with E-state index >= 15 is 0 Å². The lowest BCUT2D eigenvalue weighted by Crippen LogP contribution is -2.23. The first-order chi connectivity index (χ1) is 17.5. The minimum absolute atomic E-state index is 0.0191. The minimum Gasteiger partial charge on any atom is -0.489 e. The van der Waals surface area contributed by atoms with Gasteiger partial charge in [0.2, 0.25) is 0 Å². The summed E-state index contributed by atoms with van der Waals surface area (Å²) in [4.78, 5) is 16.0. The Bertz CT molecular complexity index is 1070. The molecule has 0 unspecified atom stereocenters. The van der Waals surface area contributed by atoms with Crippen molar-refractivity contribution in [3.05, 3.63) is 42.0 Å². The fourth-order valence-electron chi connectivity index (χ4n) is 3.17. The van der Waals surface area contributed by atoms with Gasteiger partial charge in [0.05, 0.1) is 6.33 Å². The highest BCUT2D eigenvalue weighted by Gasteiger charge is 2.31. The van der Waals surface area contributed by atoms with E-state index in [0.717, 1.165) is 6.04 Å². The molecule has 0 aliphatic heterocycles. The number of benzene rings is 1. The normalized spacial score (nSPS) is 13.1. The Balaban J connectivity index is 2.04. The lowest BCUT2D eigenvalue weighted by Gasteiger charge is -2.19. The first-order valence-electron chi connectivity index (χ1n) is 12.4. The molecule has 1 aromatic heterocycles. The van der Waals surface area contributed by atoms with E-state index in [9.17, 15) is 22.4 Å². The minimum atomic E-state index is -4.44. The summed E-state index contributed by atoms with van der Waals surface area (Å²) in [6.07, 6.45) is -5.11. The largest absolute Gasteiger partial charge is 0.489 e. The third kappa shape index (κ3) is 12.2. The molecule has 1 heterocycles. The van der Waals surface area contributed by atoms with Crippen LogP contribution in [-0.2, 0) is 27.4 Å². The summed E-state index contributed by atoms with van der Waals surface area (Å²) in [6, 6.07) is 7.39. The van der Waals surface area contributed by atoms with Crippen LogP contribution in [0.5, 0.6) is 5.75 Å². The molecule has 2 aromatic rings. The molecule has 0 N–H and O–H groups in total. The number of halogens is 4. The summed E-state index contributed by atoms with van der Waals surface area (Å²) in [7, 11) is -1.33. The zero-order valence-electron chi connectivity index (χ0n) is 22.8. The summed E-state index contributed by atoms with van der Waals surface area (Å²) in [5.41, 5.74) is 0.192. The summed E-state index contributed by atoms with van der Waals surface area (Å²) < 4.78 is 69.9. The average Bonchev–Trinajstić information content (AvgIpc) is 3.16. The van der Waals surface area contributed by atoms with Gasteiger partial charge in [0.1, 0.15) is 31.1 Å². The number of carbonyl (C=O) groups is 1. The van der Waals surface area contributed by atoms with Gasteiger partial charge in [0.25, 0.3) is 0 Å². The molecule has 0 amide bonds. The van der Waals surface area contributed by atoms with Gasteiger partial charge in [-0.3, -0.25) is 4.79 Å². The number of esters is 1. The quantitative estimate of drug-likeness (QED) is 0.117. The first kappa shape index (κ1) is 31.5. The number of hydrogen-bond acceptors (Lipinski definition) is 6. The Hall–Kier alpha value is -2.73. The van der Waals surface area contributed by atoms with Crippen molar-refractivity contribution in [1.82, 2.24) is 14.8 Å². The maximum atomic E-state index is 13.3. The molecule has 0 saturated heterocycles. The van der Waals surface area contributed by atoms with E-state index in [4.69, 9.17) is 14.2 Å². The molecule has 12 heteroatoms. The van der Waals surface area contributed by atoms with Crippen LogP contribution in [0, 0.1) is 0 Å². The van der Waals surface area contributed by atoms with Crippen LogP contribution in [0.1, 0.15) is 39.4 Å². The van der Waals surface area contributed by atoms with Crippen LogP contribution in [0.4, 0.5) is 17.6 Å². The van der Waals surface area contributed by atoms with Gasteiger partial charge in [-0.05, 0) is 63.1 Å². The van der Waals surface area contributed by atoms with Crippen LogP contribution in [0.3, 0.4) is 0 Å². The van der Waals surface area contributed by atoms with Crippen molar-refractivity contribution in [2.45, 2.75) is 84.2 Å². The molecule has 1 aromatic carbocycles. The number of ether oxygens (including phenoxy) is 3. The Labute approximate surface area is 222 Å². The van der Waals surface area contributed by atoms with Gasteiger partial charge in [-0.2, -0.15) is 18.3 Å². The second-order valence-corrected chi connectivity index (χ2v) is 16.8. The fraction of sp³-hybridized carbons (Fsp3) is 0.577. The number of alkyl halides is 3. The van der Waals surface area contributed by atoms with Crippen molar-refractivity contribution >= 4 is 14.0 Å². The van der Waals surface area contributed by atoms with Crippen LogP contribution in [0.2, 0.25) is 25.7 Å². The van der Waals surface area contributed by atoms with E-state index in [1.54, 1.807) is 45.0 Å². The van der Waals surface area contributed by atoms with Crippen LogP contribution >= 0.6 is 0 Å². The fourth-order valence-corrected chi connectivity index (χ4v) is 3.92. The summed E-state index contributed by atoms with van der Waals surface area (Å²) in [6.45, 7) is 12.3. The zero-order valence-corrected chi connectivity index (χ0v) is 23.8. The number of hydrogen-bond donors (Lipinski definition) is 0. The maximum absolute atomic E-state index is 13.3. The topological polar surface area (TPSA) is 75.5 Å². The van der Waals surface area contributed by atoms with Crippen molar-refractivity contribution in [3.63, 3.8) is 0 Å². The van der Waals surface area contributed by atoms with Gasteiger partial charge >= 0.3 is 12.1 Å². The van der Waals surface area contributed by atoms with Gasteiger partial charge in [0.15, 0.2) is 11.6 Å². The lowest BCUT2D eigenvalue weighted by atomic mass is 10.1. The Kier molecular flexibility index (Phi) is 11.1. The second-order valence-electron chi connectivity index (χ2n) is 11.2. The van der Waals surface area contributed by atoms with E-state index in [2.05, 4.69) is 29.7 Å². The van der Waals surface area contributed by atoms with E-state index < -0.39 is 32.2 Å². The summed E-state index contributed by atoms with van der Waals surface area (Å²) in [5.74, 6) is -0.118. The molecule has 212 valence electrons. The van der Waals surface area contributed by atoms with Crippen molar-refractivity contribution in [2.75, 3.05) is 13.2 Å². The molecule has 0 radical (unpaired) electrons. The molecular weight excluding hydrogens is 522 g/mol. The molecule has 0 aliphatic rings. The van der Waals surface area contributed by atoms with Crippen LogP contribution in [-0.4, -0.2) is 53.8 Å². The lowest BCUT2D eigenvalue weighted by molar-refractivity contribution is -0.154. The Morgan fingerprint density at radius 2 is 1.74 bits per heavy atom. The van der Waals surface area contributed by atoms with Crippen molar-refractivity contribution < 1.29 is 36.6 Å². The first-order valence-corrected chi connectivity index (χ1v) is 16.1. The molecule has 0 bridgehead atoms. The summed E-state index contributed by atoms with van der Waals surface area (Å²) in [5, 5.41) is 4.01. The SMILES string of the molecule is CC(C)(C)OC(=O)CC/C(=C\F)COc1ccc(-c2nc(CC(F)(F)F)nn2COCC[Si](C)(C)C)cc1. The second kappa shape index (κ2) is 13.4.